The number of nitrogens with one attached hydrogen (secondary N) is 2. The summed E-state index contributed by atoms with van der Waals surface area (Å²) in [6, 6.07) is 6.99. The molecule has 0 aromatic heterocycles. The van der Waals surface area contributed by atoms with E-state index >= 15 is 0 Å². The van der Waals surface area contributed by atoms with Crippen molar-refractivity contribution in [2.45, 2.75) is 53.0 Å². The van der Waals surface area contributed by atoms with Crippen LogP contribution in [0.4, 0.5) is 0 Å². The Morgan fingerprint density at radius 3 is 2.50 bits per heavy atom. The first kappa shape index (κ1) is 27.7. The Morgan fingerprint density at radius 2 is 1.83 bits per heavy atom. The van der Waals surface area contributed by atoms with Crippen molar-refractivity contribution in [2.24, 2.45) is 11.3 Å². The number of rotatable bonds is 5. The minimum atomic E-state index is -0.551. The highest BCUT2D eigenvalue weighted by atomic mass is 16.5. The fraction of sp³-hybridized carbons (Fsp3) is 0.607. The van der Waals surface area contributed by atoms with Crippen molar-refractivity contribution in [1.29, 1.82) is 0 Å². The van der Waals surface area contributed by atoms with E-state index in [1.807, 2.05) is 43.0 Å². The molecule has 0 saturated carbocycles. The minimum Gasteiger partial charge on any atom is -0.491 e. The molecule has 1 spiro atoms. The number of carbonyl (C=O) groups excluding carboxylic acids is 3. The Hall–Kier alpha value is -2.87. The standard InChI is InChI=1S/C28H42N4O4/c1-5-32(6-2)25(33)19-31-17-14-28(15-18-31)13-9-10-16-29-26(34)22-11-7-8-12-24(22)36-20-23(21(3)4)30-27(28)35/h7-12,21,23H,5-6,13-20H2,1-4H3,(H,29,34)(H,30,35)/b10-9+/t23-/m0/s1. The molecule has 8 nitrogen and oxygen atoms in total. The number of para-hydroxylation sites is 1. The topological polar surface area (TPSA) is 91.0 Å². The number of likely N-dealkylation sites (N-methyl/N-ethyl adjacent to an activating group) is 1. The fourth-order valence-corrected chi connectivity index (χ4v) is 4.85. The lowest BCUT2D eigenvalue weighted by atomic mass is 9.74. The molecule has 1 saturated heterocycles. The van der Waals surface area contributed by atoms with Gasteiger partial charge in [-0.2, -0.15) is 0 Å². The maximum absolute atomic E-state index is 13.7. The van der Waals surface area contributed by atoms with Gasteiger partial charge >= 0.3 is 0 Å². The largest absolute Gasteiger partial charge is 0.491 e. The zero-order chi connectivity index (χ0) is 26.1. The van der Waals surface area contributed by atoms with Gasteiger partial charge in [0.2, 0.25) is 11.8 Å². The quantitative estimate of drug-likeness (QED) is 0.610. The molecule has 3 amide bonds. The van der Waals surface area contributed by atoms with E-state index in [1.165, 1.54) is 0 Å². The van der Waals surface area contributed by atoms with Crippen LogP contribution in [0.25, 0.3) is 0 Å². The number of carbonyl (C=O) groups is 3. The van der Waals surface area contributed by atoms with E-state index in [9.17, 15) is 14.4 Å². The third-order valence-corrected chi connectivity index (χ3v) is 7.50. The molecule has 8 heteroatoms. The molecule has 36 heavy (non-hydrogen) atoms. The first-order chi connectivity index (χ1) is 17.3. The van der Waals surface area contributed by atoms with Crippen LogP contribution in [-0.2, 0) is 9.59 Å². The van der Waals surface area contributed by atoms with Gasteiger partial charge in [0.15, 0.2) is 0 Å². The van der Waals surface area contributed by atoms with Crippen LogP contribution in [0.5, 0.6) is 5.75 Å². The summed E-state index contributed by atoms with van der Waals surface area (Å²) < 4.78 is 6.06. The molecule has 0 radical (unpaired) electrons. The lowest BCUT2D eigenvalue weighted by Gasteiger charge is -2.41. The number of amides is 3. The molecule has 2 aliphatic rings. The Kier molecular flexibility index (Phi) is 9.93. The van der Waals surface area contributed by atoms with Crippen LogP contribution in [0.1, 0.15) is 57.3 Å². The van der Waals surface area contributed by atoms with Gasteiger partial charge in [-0.3, -0.25) is 19.3 Å². The zero-order valence-electron chi connectivity index (χ0n) is 22.2. The van der Waals surface area contributed by atoms with Crippen molar-refractivity contribution in [3.05, 3.63) is 42.0 Å². The van der Waals surface area contributed by atoms with Crippen molar-refractivity contribution < 1.29 is 19.1 Å². The molecule has 2 N–H and O–H groups in total. The van der Waals surface area contributed by atoms with E-state index in [1.54, 1.807) is 12.1 Å². The van der Waals surface area contributed by atoms with E-state index in [-0.39, 0.29) is 36.3 Å². The molecular formula is C28H42N4O4. The molecule has 2 aliphatic heterocycles. The predicted molar refractivity (Wildman–Crippen MR) is 141 cm³/mol. The van der Waals surface area contributed by atoms with Crippen LogP contribution in [0.2, 0.25) is 0 Å². The van der Waals surface area contributed by atoms with Gasteiger partial charge < -0.3 is 20.3 Å². The summed E-state index contributed by atoms with van der Waals surface area (Å²) >= 11 is 0. The van der Waals surface area contributed by atoms with Crippen molar-refractivity contribution in [1.82, 2.24) is 20.4 Å². The Balaban J connectivity index is 1.76. The van der Waals surface area contributed by atoms with Gasteiger partial charge in [0, 0.05) is 19.6 Å². The number of hydrogen-bond donors (Lipinski definition) is 2. The number of ether oxygens (including phenoxy) is 1. The SMILES string of the molecule is CCN(CC)C(=O)CN1CCC2(C/C=C/CNC(=O)c3ccccc3OC[C@@H](C(C)C)NC2=O)CC1. The van der Waals surface area contributed by atoms with Crippen LogP contribution in [0.15, 0.2) is 36.4 Å². The van der Waals surface area contributed by atoms with E-state index in [0.29, 0.717) is 69.8 Å². The van der Waals surface area contributed by atoms with E-state index in [4.69, 9.17) is 4.74 Å². The molecule has 1 atom stereocenters. The van der Waals surface area contributed by atoms with Crippen molar-refractivity contribution in [3.63, 3.8) is 0 Å². The van der Waals surface area contributed by atoms with Gasteiger partial charge in [-0.15, -0.1) is 0 Å². The van der Waals surface area contributed by atoms with Crippen LogP contribution in [0, 0.1) is 11.3 Å². The van der Waals surface area contributed by atoms with Gasteiger partial charge in [-0.25, -0.2) is 0 Å². The molecule has 2 heterocycles. The number of allylic oxidation sites excluding steroid dienone is 1. The molecule has 0 aliphatic carbocycles. The normalized spacial score (nSPS) is 22.1. The third-order valence-electron chi connectivity index (χ3n) is 7.50. The summed E-state index contributed by atoms with van der Waals surface area (Å²) in [5.74, 6) is 0.662. The molecule has 1 aromatic rings. The number of nitrogens with zero attached hydrogens (tertiary/aromatic N) is 2. The van der Waals surface area contributed by atoms with Crippen LogP contribution in [0.3, 0.4) is 0 Å². The van der Waals surface area contributed by atoms with Gasteiger partial charge in [-0.05, 0) is 64.3 Å². The average molecular weight is 499 g/mol. The highest BCUT2D eigenvalue weighted by Gasteiger charge is 2.41. The lowest BCUT2D eigenvalue weighted by molar-refractivity contribution is -0.136. The molecular weight excluding hydrogens is 456 g/mol. The maximum atomic E-state index is 13.7. The second-order valence-electron chi connectivity index (χ2n) is 10.1. The van der Waals surface area contributed by atoms with Crippen molar-refractivity contribution in [2.75, 3.05) is 45.9 Å². The number of piperidine rings is 1. The second kappa shape index (κ2) is 12.9. The fourth-order valence-electron chi connectivity index (χ4n) is 4.85. The number of likely N-dealkylation sites (tertiary alicyclic amines) is 1. The lowest BCUT2D eigenvalue weighted by Crippen LogP contribution is -2.54. The number of fused-ring (bicyclic) bond motifs is 1. The first-order valence-electron chi connectivity index (χ1n) is 13.3. The van der Waals surface area contributed by atoms with Gasteiger partial charge in [0.1, 0.15) is 12.4 Å². The smallest absolute Gasteiger partial charge is 0.255 e. The molecule has 0 unspecified atom stereocenters. The van der Waals surface area contributed by atoms with Crippen LogP contribution < -0.4 is 15.4 Å². The highest BCUT2D eigenvalue weighted by molar-refractivity contribution is 5.97. The van der Waals surface area contributed by atoms with Gasteiger partial charge in [-0.1, -0.05) is 38.1 Å². The summed E-state index contributed by atoms with van der Waals surface area (Å²) in [7, 11) is 0. The Bertz CT molecular complexity index is 933. The number of hydrogen-bond acceptors (Lipinski definition) is 5. The summed E-state index contributed by atoms with van der Waals surface area (Å²) in [6.07, 6.45) is 5.87. The predicted octanol–water partition coefficient (Wildman–Crippen LogP) is 2.85. The molecule has 198 valence electrons. The molecule has 1 fully saturated rings. The summed E-state index contributed by atoms with van der Waals surface area (Å²) in [5, 5.41) is 6.20. The van der Waals surface area contributed by atoms with Gasteiger partial charge in [0.05, 0.1) is 23.6 Å². The number of benzene rings is 1. The summed E-state index contributed by atoms with van der Waals surface area (Å²) in [6.45, 7) is 12.0. The average Bonchev–Trinajstić information content (AvgIpc) is 2.87. The van der Waals surface area contributed by atoms with E-state index in [0.717, 1.165) is 0 Å². The second-order valence-corrected chi connectivity index (χ2v) is 10.1. The van der Waals surface area contributed by atoms with Crippen LogP contribution in [-0.4, -0.2) is 79.4 Å². The molecule has 1 aromatic carbocycles. The van der Waals surface area contributed by atoms with Crippen molar-refractivity contribution in [3.8, 4) is 5.75 Å². The maximum Gasteiger partial charge on any atom is 0.255 e. The summed E-state index contributed by atoms with van der Waals surface area (Å²) in [5.41, 5.74) is -0.0652. The van der Waals surface area contributed by atoms with Gasteiger partial charge in [0.25, 0.3) is 5.91 Å². The monoisotopic (exact) mass is 498 g/mol. The van der Waals surface area contributed by atoms with E-state index in [2.05, 4.69) is 29.4 Å². The molecule has 3 rings (SSSR count). The minimum absolute atomic E-state index is 0.0403. The first-order valence-corrected chi connectivity index (χ1v) is 13.3. The third kappa shape index (κ3) is 6.87. The molecule has 0 bridgehead atoms. The Labute approximate surface area is 215 Å². The van der Waals surface area contributed by atoms with Crippen LogP contribution >= 0.6 is 0 Å². The zero-order valence-corrected chi connectivity index (χ0v) is 22.2. The van der Waals surface area contributed by atoms with E-state index < -0.39 is 5.41 Å². The highest BCUT2D eigenvalue weighted by Crippen LogP contribution is 2.36. The van der Waals surface area contributed by atoms with Crippen molar-refractivity contribution >= 4 is 17.7 Å². The summed E-state index contributed by atoms with van der Waals surface area (Å²) in [4.78, 5) is 43.1. The Morgan fingerprint density at radius 1 is 1.14 bits per heavy atom.